The zero-order chi connectivity index (χ0) is 12.0. The molecular weight excluding hydrogens is 202 g/mol. The predicted octanol–water partition coefficient (Wildman–Crippen LogP) is 0.714. The molecule has 4 nitrogen and oxygen atoms in total. The normalized spacial score (nSPS) is 17.5. The molecule has 1 fully saturated rings. The molecule has 16 heavy (non-hydrogen) atoms. The molecule has 1 saturated carbocycles. The van der Waals surface area contributed by atoms with Crippen molar-refractivity contribution in [3.63, 3.8) is 0 Å². The molecule has 0 saturated heterocycles. The minimum atomic E-state index is 0.151. The Hall–Kier alpha value is -0.610. The highest BCUT2D eigenvalue weighted by atomic mass is 16.2. The third-order valence-corrected chi connectivity index (χ3v) is 3.08. The van der Waals surface area contributed by atoms with E-state index in [1.54, 1.807) is 0 Å². The topological polar surface area (TPSA) is 58.4 Å². The Balaban J connectivity index is 2.27. The van der Waals surface area contributed by atoms with Crippen molar-refractivity contribution in [2.45, 2.75) is 51.6 Å². The Morgan fingerprint density at radius 1 is 1.56 bits per heavy atom. The Labute approximate surface area is 98.6 Å². The molecular formula is C12H25N3O. The first-order chi connectivity index (χ1) is 7.67. The molecule has 1 aliphatic rings. The molecule has 3 N–H and O–H groups in total. The van der Waals surface area contributed by atoms with Gasteiger partial charge in [-0.05, 0) is 39.2 Å². The Morgan fingerprint density at radius 3 is 2.75 bits per heavy atom. The molecule has 0 heterocycles. The van der Waals surface area contributed by atoms with Crippen LogP contribution in [0, 0.1) is 0 Å². The lowest BCUT2D eigenvalue weighted by molar-refractivity contribution is -0.123. The highest BCUT2D eigenvalue weighted by Crippen LogP contribution is 2.26. The van der Waals surface area contributed by atoms with E-state index in [1.807, 2.05) is 6.92 Å². The van der Waals surface area contributed by atoms with E-state index in [0.29, 0.717) is 19.1 Å². The Bertz CT molecular complexity index is 216. The van der Waals surface area contributed by atoms with E-state index >= 15 is 0 Å². The lowest BCUT2D eigenvalue weighted by Crippen LogP contribution is -2.42. The van der Waals surface area contributed by atoms with Crippen LogP contribution in [-0.4, -0.2) is 42.5 Å². The summed E-state index contributed by atoms with van der Waals surface area (Å²) in [4.78, 5) is 14.0. The fourth-order valence-electron chi connectivity index (χ4n) is 1.73. The van der Waals surface area contributed by atoms with Gasteiger partial charge in [-0.15, -0.1) is 0 Å². The van der Waals surface area contributed by atoms with Crippen molar-refractivity contribution >= 4 is 5.91 Å². The zero-order valence-electron chi connectivity index (χ0n) is 10.5. The number of carbonyl (C=O) groups excluding carboxylic acids is 1. The molecule has 0 radical (unpaired) electrons. The van der Waals surface area contributed by atoms with Gasteiger partial charge in [-0.2, -0.15) is 0 Å². The third kappa shape index (κ3) is 4.94. The van der Waals surface area contributed by atoms with Gasteiger partial charge in [0.15, 0.2) is 0 Å². The first kappa shape index (κ1) is 13.5. The Morgan fingerprint density at radius 2 is 2.25 bits per heavy atom. The van der Waals surface area contributed by atoms with Gasteiger partial charge in [-0.3, -0.25) is 9.69 Å². The van der Waals surface area contributed by atoms with Crippen LogP contribution in [0.2, 0.25) is 0 Å². The summed E-state index contributed by atoms with van der Waals surface area (Å²) in [5.41, 5.74) is 5.50. The van der Waals surface area contributed by atoms with Gasteiger partial charge < -0.3 is 11.1 Å². The van der Waals surface area contributed by atoms with Gasteiger partial charge in [0, 0.05) is 18.6 Å². The predicted molar refractivity (Wildman–Crippen MR) is 66.2 cm³/mol. The molecule has 1 unspecified atom stereocenters. The van der Waals surface area contributed by atoms with Crippen molar-refractivity contribution in [2.75, 3.05) is 19.6 Å². The van der Waals surface area contributed by atoms with Crippen LogP contribution in [0.1, 0.15) is 39.5 Å². The molecule has 0 spiro atoms. The van der Waals surface area contributed by atoms with E-state index in [1.165, 1.54) is 12.8 Å². The van der Waals surface area contributed by atoms with Gasteiger partial charge in [0.05, 0.1) is 6.54 Å². The molecule has 0 aliphatic heterocycles. The summed E-state index contributed by atoms with van der Waals surface area (Å²) in [6.07, 6.45) is 4.44. The highest BCUT2D eigenvalue weighted by molar-refractivity contribution is 5.78. The van der Waals surface area contributed by atoms with Crippen LogP contribution in [0.25, 0.3) is 0 Å². The van der Waals surface area contributed by atoms with Crippen molar-refractivity contribution in [3.05, 3.63) is 0 Å². The number of rotatable bonds is 8. The maximum atomic E-state index is 11.7. The maximum Gasteiger partial charge on any atom is 0.234 e. The molecule has 1 rings (SSSR count). The first-order valence-corrected chi connectivity index (χ1v) is 6.40. The first-order valence-electron chi connectivity index (χ1n) is 6.40. The molecule has 1 amide bonds. The molecule has 0 bridgehead atoms. The second kappa shape index (κ2) is 6.86. The van der Waals surface area contributed by atoms with E-state index in [-0.39, 0.29) is 11.9 Å². The summed E-state index contributed by atoms with van der Waals surface area (Å²) in [5, 5.41) is 3.01. The van der Waals surface area contributed by atoms with E-state index in [9.17, 15) is 4.79 Å². The quantitative estimate of drug-likeness (QED) is 0.642. The number of nitrogens with zero attached hydrogens (tertiary/aromatic N) is 1. The maximum absolute atomic E-state index is 11.7. The van der Waals surface area contributed by atoms with E-state index in [2.05, 4.69) is 17.1 Å². The van der Waals surface area contributed by atoms with Crippen molar-refractivity contribution in [1.82, 2.24) is 10.2 Å². The fourth-order valence-corrected chi connectivity index (χ4v) is 1.73. The lowest BCUT2D eigenvalue weighted by atomic mass is 10.2. The number of nitrogens with one attached hydrogen (secondary N) is 1. The van der Waals surface area contributed by atoms with Gasteiger partial charge in [-0.25, -0.2) is 0 Å². The SMILES string of the molecule is CCC(C)NC(=O)CN(CCCN)C1CC1. The summed E-state index contributed by atoms with van der Waals surface area (Å²) in [7, 11) is 0. The summed E-state index contributed by atoms with van der Waals surface area (Å²) in [6, 6.07) is 0.914. The number of carbonyl (C=O) groups is 1. The van der Waals surface area contributed by atoms with Crippen LogP contribution >= 0.6 is 0 Å². The lowest BCUT2D eigenvalue weighted by Gasteiger charge is -2.22. The second-order valence-corrected chi connectivity index (χ2v) is 4.72. The molecule has 0 aromatic rings. The molecule has 94 valence electrons. The number of hydrogen-bond donors (Lipinski definition) is 2. The number of nitrogens with two attached hydrogens (primary N) is 1. The monoisotopic (exact) mass is 227 g/mol. The van der Waals surface area contributed by atoms with Gasteiger partial charge >= 0.3 is 0 Å². The largest absolute Gasteiger partial charge is 0.353 e. The number of hydrogen-bond acceptors (Lipinski definition) is 3. The van der Waals surface area contributed by atoms with Crippen LogP contribution < -0.4 is 11.1 Å². The zero-order valence-corrected chi connectivity index (χ0v) is 10.5. The van der Waals surface area contributed by atoms with Crippen LogP contribution in [0.4, 0.5) is 0 Å². The van der Waals surface area contributed by atoms with E-state index in [0.717, 1.165) is 19.4 Å². The van der Waals surface area contributed by atoms with Gasteiger partial charge in [0.25, 0.3) is 0 Å². The summed E-state index contributed by atoms with van der Waals surface area (Å²) >= 11 is 0. The van der Waals surface area contributed by atoms with Crippen molar-refractivity contribution < 1.29 is 4.79 Å². The molecule has 0 aromatic heterocycles. The molecule has 1 atom stereocenters. The van der Waals surface area contributed by atoms with Crippen LogP contribution in [0.3, 0.4) is 0 Å². The molecule has 0 aromatic carbocycles. The average molecular weight is 227 g/mol. The highest BCUT2D eigenvalue weighted by Gasteiger charge is 2.29. The van der Waals surface area contributed by atoms with Crippen LogP contribution in [0.5, 0.6) is 0 Å². The standard InChI is InChI=1S/C12H25N3O/c1-3-10(2)14-12(16)9-15(8-4-7-13)11-5-6-11/h10-11H,3-9,13H2,1-2H3,(H,14,16). The molecule has 1 aliphatic carbocycles. The van der Waals surface area contributed by atoms with Crippen molar-refractivity contribution in [1.29, 1.82) is 0 Å². The van der Waals surface area contributed by atoms with Crippen LogP contribution in [-0.2, 0) is 4.79 Å². The smallest absolute Gasteiger partial charge is 0.234 e. The second-order valence-electron chi connectivity index (χ2n) is 4.72. The van der Waals surface area contributed by atoms with Crippen molar-refractivity contribution in [2.24, 2.45) is 5.73 Å². The third-order valence-electron chi connectivity index (χ3n) is 3.08. The van der Waals surface area contributed by atoms with Crippen LogP contribution in [0.15, 0.2) is 0 Å². The summed E-state index contributed by atoms with van der Waals surface area (Å²) in [6.45, 7) is 6.32. The van der Waals surface area contributed by atoms with E-state index in [4.69, 9.17) is 5.73 Å². The summed E-state index contributed by atoms with van der Waals surface area (Å²) < 4.78 is 0. The molecule has 4 heteroatoms. The minimum Gasteiger partial charge on any atom is -0.353 e. The Kier molecular flexibility index (Phi) is 5.77. The minimum absolute atomic E-state index is 0.151. The number of amides is 1. The summed E-state index contributed by atoms with van der Waals surface area (Å²) in [5.74, 6) is 0.151. The average Bonchev–Trinajstić information content (AvgIpc) is 3.07. The fraction of sp³-hybridized carbons (Fsp3) is 0.917. The van der Waals surface area contributed by atoms with Gasteiger partial charge in [0.2, 0.25) is 5.91 Å². The van der Waals surface area contributed by atoms with E-state index < -0.39 is 0 Å². The van der Waals surface area contributed by atoms with Gasteiger partial charge in [-0.1, -0.05) is 6.92 Å². The van der Waals surface area contributed by atoms with Crippen molar-refractivity contribution in [3.8, 4) is 0 Å². The van der Waals surface area contributed by atoms with Gasteiger partial charge in [0.1, 0.15) is 0 Å².